The first-order valence-electron chi connectivity index (χ1n) is 7.48. The first-order valence-corrected chi connectivity index (χ1v) is 7.86. The fraction of sp³-hybridized carbons (Fsp3) is 0.800. The predicted octanol–water partition coefficient (Wildman–Crippen LogP) is 3.91. The Morgan fingerprint density at radius 2 is 1.81 bits per heavy atom. The molecule has 21 heavy (non-hydrogen) atoms. The third-order valence-electron chi connectivity index (χ3n) is 3.53. The van der Waals surface area contributed by atoms with E-state index >= 15 is 0 Å². The quantitative estimate of drug-likeness (QED) is 0.843. The molecule has 0 saturated heterocycles. The van der Waals surface area contributed by atoms with Crippen molar-refractivity contribution in [3.63, 3.8) is 0 Å². The second kappa shape index (κ2) is 6.34. The summed E-state index contributed by atoms with van der Waals surface area (Å²) in [5.74, 6) is 0.627. The molecule has 0 spiro atoms. The van der Waals surface area contributed by atoms with Crippen LogP contribution in [0.1, 0.15) is 53.9 Å². The van der Waals surface area contributed by atoms with Gasteiger partial charge in [-0.05, 0) is 56.0 Å². The molecule has 2 rings (SSSR count). The number of nitrogens with zero attached hydrogens (tertiary/aromatic N) is 3. The van der Waals surface area contributed by atoms with Gasteiger partial charge in [-0.2, -0.15) is 9.97 Å². The van der Waals surface area contributed by atoms with Crippen LogP contribution in [0.2, 0.25) is 5.28 Å². The normalized spacial score (nSPS) is 24.9. The van der Waals surface area contributed by atoms with Gasteiger partial charge in [-0.15, -0.1) is 4.98 Å². The Morgan fingerprint density at radius 1 is 1.14 bits per heavy atom. The van der Waals surface area contributed by atoms with E-state index in [9.17, 15) is 0 Å². The molecule has 2 atom stereocenters. The van der Waals surface area contributed by atoms with Crippen molar-refractivity contribution < 1.29 is 9.47 Å². The molecule has 6 heteroatoms. The molecule has 2 unspecified atom stereocenters. The van der Waals surface area contributed by atoms with Crippen molar-refractivity contribution in [1.29, 1.82) is 0 Å². The summed E-state index contributed by atoms with van der Waals surface area (Å²) in [5.41, 5.74) is 0.274. The molecular weight excluding hydrogens is 290 g/mol. The Morgan fingerprint density at radius 3 is 2.43 bits per heavy atom. The maximum atomic E-state index is 5.94. The van der Waals surface area contributed by atoms with Gasteiger partial charge >= 0.3 is 12.0 Å². The highest BCUT2D eigenvalue weighted by molar-refractivity contribution is 6.28. The average molecular weight is 314 g/mol. The van der Waals surface area contributed by atoms with E-state index in [0.29, 0.717) is 5.92 Å². The zero-order valence-electron chi connectivity index (χ0n) is 13.4. The van der Waals surface area contributed by atoms with Crippen molar-refractivity contribution in [2.24, 2.45) is 11.3 Å². The predicted molar refractivity (Wildman–Crippen MR) is 81.8 cm³/mol. The van der Waals surface area contributed by atoms with Crippen LogP contribution in [0.5, 0.6) is 12.0 Å². The van der Waals surface area contributed by atoms with Gasteiger partial charge in [-0.25, -0.2) is 0 Å². The summed E-state index contributed by atoms with van der Waals surface area (Å²) >= 11 is 5.91. The standard InChI is InChI=1S/C15H24ClN3O2/c1-9(2)20-13-17-12(16)18-14(19-13)21-11-6-10(3)7-15(4,5)8-11/h9-11H,6-8H2,1-5H3. The minimum Gasteiger partial charge on any atom is -0.461 e. The fourth-order valence-electron chi connectivity index (χ4n) is 3.13. The zero-order chi connectivity index (χ0) is 15.6. The van der Waals surface area contributed by atoms with Gasteiger partial charge in [-0.1, -0.05) is 20.8 Å². The number of ether oxygens (including phenoxy) is 2. The number of rotatable bonds is 4. The van der Waals surface area contributed by atoms with Crippen LogP contribution in [-0.2, 0) is 0 Å². The number of aromatic nitrogens is 3. The van der Waals surface area contributed by atoms with Crippen LogP contribution in [-0.4, -0.2) is 27.2 Å². The van der Waals surface area contributed by atoms with Crippen LogP contribution in [0.4, 0.5) is 0 Å². The lowest BCUT2D eigenvalue weighted by atomic mass is 9.71. The van der Waals surface area contributed by atoms with Gasteiger partial charge in [0.15, 0.2) is 0 Å². The van der Waals surface area contributed by atoms with Gasteiger partial charge in [0, 0.05) is 0 Å². The fourth-order valence-corrected chi connectivity index (χ4v) is 3.27. The highest BCUT2D eigenvalue weighted by atomic mass is 35.5. The van der Waals surface area contributed by atoms with E-state index in [-0.39, 0.29) is 34.9 Å². The van der Waals surface area contributed by atoms with Crippen LogP contribution in [0.15, 0.2) is 0 Å². The van der Waals surface area contributed by atoms with E-state index < -0.39 is 0 Å². The van der Waals surface area contributed by atoms with Gasteiger partial charge < -0.3 is 9.47 Å². The smallest absolute Gasteiger partial charge is 0.324 e. The van der Waals surface area contributed by atoms with Gasteiger partial charge in [0.1, 0.15) is 6.10 Å². The summed E-state index contributed by atoms with van der Waals surface area (Å²) in [4.78, 5) is 12.2. The molecule has 118 valence electrons. The van der Waals surface area contributed by atoms with E-state index in [0.717, 1.165) is 12.8 Å². The Labute approximate surface area is 131 Å². The van der Waals surface area contributed by atoms with E-state index in [1.807, 2.05) is 13.8 Å². The first kappa shape index (κ1) is 16.3. The first-order chi connectivity index (χ1) is 9.73. The molecule has 1 aliphatic rings. The van der Waals surface area contributed by atoms with E-state index in [1.165, 1.54) is 6.42 Å². The molecule has 1 aromatic rings. The summed E-state index contributed by atoms with van der Waals surface area (Å²) in [5, 5.41) is 0.0961. The summed E-state index contributed by atoms with van der Waals surface area (Å²) < 4.78 is 11.4. The molecule has 0 bridgehead atoms. The van der Waals surface area contributed by atoms with Crippen LogP contribution in [0.25, 0.3) is 0 Å². The van der Waals surface area contributed by atoms with Crippen LogP contribution >= 0.6 is 11.6 Å². The molecule has 1 aliphatic carbocycles. The average Bonchev–Trinajstić information content (AvgIpc) is 2.22. The van der Waals surface area contributed by atoms with Crippen molar-refractivity contribution in [3.8, 4) is 12.0 Å². The van der Waals surface area contributed by atoms with Crippen molar-refractivity contribution in [1.82, 2.24) is 15.0 Å². The van der Waals surface area contributed by atoms with Crippen LogP contribution in [0, 0.1) is 11.3 Å². The second-order valence-electron chi connectivity index (χ2n) is 6.99. The van der Waals surface area contributed by atoms with Gasteiger partial charge in [0.05, 0.1) is 6.10 Å². The molecule has 0 amide bonds. The lowest BCUT2D eigenvalue weighted by Crippen LogP contribution is -2.34. The van der Waals surface area contributed by atoms with Crippen LogP contribution in [0.3, 0.4) is 0 Å². The summed E-state index contributed by atoms with van der Waals surface area (Å²) in [6.45, 7) is 10.6. The molecule has 1 fully saturated rings. The molecule has 1 saturated carbocycles. The highest BCUT2D eigenvalue weighted by Crippen LogP contribution is 2.39. The minimum absolute atomic E-state index is 0.0232. The number of hydrogen-bond acceptors (Lipinski definition) is 5. The molecule has 5 nitrogen and oxygen atoms in total. The zero-order valence-corrected chi connectivity index (χ0v) is 14.1. The molecule has 0 N–H and O–H groups in total. The molecule has 0 radical (unpaired) electrons. The van der Waals surface area contributed by atoms with E-state index in [2.05, 4.69) is 35.7 Å². The largest absolute Gasteiger partial charge is 0.461 e. The molecule has 0 aromatic carbocycles. The Kier molecular flexibility index (Phi) is 4.91. The molecule has 0 aliphatic heterocycles. The summed E-state index contributed by atoms with van der Waals surface area (Å²) in [6, 6.07) is 0.462. The number of hydrogen-bond donors (Lipinski definition) is 0. The SMILES string of the molecule is CC1CC(Oc2nc(Cl)nc(OC(C)C)n2)CC(C)(C)C1. The van der Waals surface area contributed by atoms with Gasteiger partial charge in [0.25, 0.3) is 0 Å². The Hall–Kier alpha value is -1.10. The third kappa shape index (κ3) is 4.99. The highest BCUT2D eigenvalue weighted by Gasteiger charge is 2.33. The molecule has 1 heterocycles. The maximum Gasteiger partial charge on any atom is 0.324 e. The minimum atomic E-state index is -0.0232. The Bertz CT molecular complexity index is 494. The second-order valence-corrected chi connectivity index (χ2v) is 7.33. The Balaban J connectivity index is 2.10. The van der Waals surface area contributed by atoms with Gasteiger partial charge in [-0.3, -0.25) is 0 Å². The van der Waals surface area contributed by atoms with Crippen molar-refractivity contribution in [2.45, 2.75) is 66.1 Å². The van der Waals surface area contributed by atoms with E-state index in [1.54, 1.807) is 0 Å². The van der Waals surface area contributed by atoms with Gasteiger partial charge in [0.2, 0.25) is 5.28 Å². The van der Waals surface area contributed by atoms with Crippen LogP contribution < -0.4 is 9.47 Å². The van der Waals surface area contributed by atoms with E-state index in [4.69, 9.17) is 21.1 Å². The topological polar surface area (TPSA) is 57.1 Å². The maximum absolute atomic E-state index is 5.94. The monoisotopic (exact) mass is 313 g/mol. The summed E-state index contributed by atoms with van der Waals surface area (Å²) in [7, 11) is 0. The molecular formula is C15H24ClN3O2. The third-order valence-corrected chi connectivity index (χ3v) is 3.70. The number of halogens is 1. The lowest BCUT2D eigenvalue weighted by molar-refractivity contribution is 0.0489. The van der Waals surface area contributed by atoms with Crippen molar-refractivity contribution in [2.75, 3.05) is 0 Å². The molecule has 1 aromatic heterocycles. The lowest BCUT2D eigenvalue weighted by Gasteiger charge is -2.38. The van der Waals surface area contributed by atoms with Crippen molar-refractivity contribution >= 4 is 11.6 Å². The summed E-state index contributed by atoms with van der Waals surface area (Å²) in [6.07, 6.45) is 3.29. The van der Waals surface area contributed by atoms with Crippen molar-refractivity contribution in [3.05, 3.63) is 5.28 Å².